The molecule has 0 fully saturated rings. The summed E-state index contributed by atoms with van der Waals surface area (Å²) in [4.78, 5) is 28.9. The second kappa shape index (κ2) is 14.5. The number of nitrogens with zero attached hydrogens (tertiary/aromatic N) is 2. The van der Waals surface area contributed by atoms with Crippen molar-refractivity contribution in [3.05, 3.63) is 90.5 Å². The van der Waals surface area contributed by atoms with Crippen molar-refractivity contribution in [1.29, 1.82) is 0 Å². The summed E-state index contributed by atoms with van der Waals surface area (Å²) in [6, 6.07) is 23.1. The van der Waals surface area contributed by atoms with E-state index in [-0.39, 0.29) is 23.4 Å². The third-order valence-corrected chi connectivity index (χ3v) is 8.42. The summed E-state index contributed by atoms with van der Waals surface area (Å²) in [5, 5.41) is 2.98. The van der Waals surface area contributed by atoms with Gasteiger partial charge in [-0.05, 0) is 68.7 Å². The second-order valence-electron chi connectivity index (χ2n) is 9.50. The van der Waals surface area contributed by atoms with Crippen molar-refractivity contribution in [2.24, 2.45) is 0 Å². The van der Waals surface area contributed by atoms with E-state index in [1.807, 2.05) is 58.0 Å². The fourth-order valence-electron chi connectivity index (χ4n) is 4.26. The molecule has 0 aliphatic heterocycles. The maximum absolute atomic E-state index is 14.1. The van der Waals surface area contributed by atoms with E-state index in [4.69, 9.17) is 4.74 Å². The Labute approximate surface area is 238 Å². The fraction of sp³-hybridized carbons (Fsp3) is 0.355. The molecule has 0 bridgehead atoms. The van der Waals surface area contributed by atoms with Gasteiger partial charge in [0, 0.05) is 12.6 Å². The van der Waals surface area contributed by atoms with Crippen LogP contribution in [-0.2, 0) is 26.2 Å². The van der Waals surface area contributed by atoms with Gasteiger partial charge in [-0.1, -0.05) is 62.4 Å². The van der Waals surface area contributed by atoms with Crippen LogP contribution in [0.4, 0.5) is 5.69 Å². The van der Waals surface area contributed by atoms with E-state index in [1.54, 1.807) is 42.5 Å². The molecule has 0 aromatic heterocycles. The summed E-state index contributed by atoms with van der Waals surface area (Å²) < 4.78 is 34.3. The zero-order valence-corrected chi connectivity index (χ0v) is 24.4. The number of amides is 2. The molecule has 0 aliphatic rings. The van der Waals surface area contributed by atoms with Gasteiger partial charge in [0.1, 0.15) is 18.3 Å². The number of anilines is 1. The lowest BCUT2D eigenvalue weighted by atomic mass is 10.1. The largest absolute Gasteiger partial charge is 0.494 e. The Balaban J connectivity index is 2.03. The highest BCUT2D eigenvalue weighted by molar-refractivity contribution is 7.92. The molecule has 3 rings (SSSR count). The van der Waals surface area contributed by atoms with E-state index in [2.05, 4.69) is 5.32 Å². The number of hydrogen-bond donors (Lipinski definition) is 1. The first kappa shape index (κ1) is 30.7. The molecule has 2 atom stereocenters. The topological polar surface area (TPSA) is 96.0 Å². The number of carbonyl (C=O) groups excluding carboxylic acids is 2. The minimum Gasteiger partial charge on any atom is -0.494 e. The number of nitrogens with one attached hydrogen (secondary N) is 1. The molecule has 2 amide bonds. The third kappa shape index (κ3) is 7.85. The lowest BCUT2D eigenvalue weighted by Crippen LogP contribution is -2.53. The van der Waals surface area contributed by atoms with E-state index in [9.17, 15) is 18.0 Å². The minimum atomic E-state index is -4.11. The van der Waals surface area contributed by atoms with Gasteiger partial charge in [0.2, 0.25) is 11.8 Å². The first-order valence-corrected chi connectivity index (χ1v) is 15.1. The van der Waals surface area contributed by atoms with Crippen molar-refractivity contribution < 1.29 is 22.7 Å². The third-order valence-electron chi connectivity index (χ3n) is 6.63. The summed E-state index contributed by atoms with van der Waals surface area (Å²) >= 11 is 0. The number of rotatable bonds is 14. The summed E-state index contributed by atoms with van der Waals surface area (Å²) in [6.45, 7) is 7.74. The Morgan fingerprint density at radius 1 is 0.850 bits per heavy atom. The smallest absolute Gasteiger partial charge is 0.264 e. The first-order valence-electron chi connectivity index (χ1n) is 13.7. The first-order chi connectivity index (χ1) is 19.2. The van der Waals surface area contributed by atoms with Crippen LogP contribution in [0.25, 0.3) is 0 Å². The molecule has 9 heteroatoms. The predicted molar refractivity (Wildman–Crippen MR) is 158 cm³/mol. The summed E-state index contributed by atoms with van der Waals surface area (Å²) in [6.07, 6.45) is 1.12. The van der Waals surface area contributed by atoms with E-state index >= 15 is 0 Å². The highest BCUT2D eigenvalue weighted by atomic mass is 32.2. The average molecular weight is 566 g/mol. The van der Waals surface area contributed by atoms with Crippen molar-refractivity contribution in [3.8, 4) is 5.75 Å². The quantitative estimate of drug-likeness (QED) is 0.297. The van der Waals surface area contributed by atoms with Crippen molar-refractivity contribution >= 4 is 27.5 Å². The average Bonchev–Trinajstić information content (AvgIpc) is 2.97. The molecular weight excluding hydrogens is 526 g/mol. The lowest BCUT2D eigenvalue weighted by Gasteiger charge is -2.33. The molecule has 0 saturated carbocycles. The highest BCUT2D eigenvalue weighted by Crippen LogP contribution is 2.27. The Bertz CT molecular complexity index is 1330. The minimum absolute atomic E-state index is 0.0611. The summed E-state index contributed by atoms with van der Waals surface area (Å²) in [7, 11) is -4.11. The highest BCUT2D eigenvalue weighted by Gasteiger charge is 2.33. The van der Waals surface area contributed by atoms with Crippen molar-refractivity contribution in [3.63, 3.8) is 0 Å². The SMILES string of the molecule is CCOc1ccc(N(CC(=O)N(Cc2ccccc2)[C@H](CC)C(=O)N[C@H](C)CC)S(=O)(=O)c2ccccc2)cc1. The number of benzene rings is 3. The van der Waals surface area contributed by atoms with Crippen molar-refractivity contribution in [2.75, 3.05) is 17.5 Å². The molecule has 40 heavy (non-hydrogen) atoms. The Hall–Kier alpha value is -3.85. The van der Waals surface area contributed by atoms with Gasteiger partial charge in [-0.15, -0.1) is 0 Å². The van der Waals surface area contributed by atoms with E-state index in [0.29, 0.717) is 24.5 Å². The van der Waals surface area contributed by atoms with Crippen LogP contribution in [0.15, 0.2) is 89.8 Å². The number of carbonyl (C=O) groups is 2. The molecule has 214 valence electrons. The van der Waals surface area contributed by atoms with Gasteiger partial charge in [0.15, 0.2) is 0 Å². The zero-order chi connectivity index (χ0) is 29.1. The summed E-state index contributed by atoms with van der Waals surface area (Å²) in [5.74, 6) is -0.156. The molecular formula is C31H39N3O5S. The second-order valence-corrected chi connectivity index (χ2v) is 11.4. The molecule has 0 unspecified atom stereocenters. The fourth-order valence-corrected chi connectivity index (χ4v) is 5.70. The number of hydrogen-bond acceptors (Lipinski definition) is 5. The van der Waals surface area contributed by atoms with Gasteiger partial charge in [-0.3, -0.25) is 13.9 Å². The van der Waals surface area contributed by atoms with Crippen molar-refractivity contribution in [2.45, 2.75) is 64.1 Å². The van der Waals surface area contributed by atoms with E-state index < -0.39 is 28.5 Å². The Kier molecular flexibility index (Phi) is 11.1. The van der Waals surface area contributed by atoms with Gasteiger partial charge in [-0.2, -0.15) is 0 Å². The van der Waals surface area contributed by atoms with Crippen molar-refractivity contribution in [1.82, 2.24) is 10.2 Å². The number of ether oxygens (including phenoxy) is 1. The maximum atomic E-state index is 14.1. The maximum Gasteiger partial charge on any atom is 0.264 e. The van der Waals surface area contributed by atoms with Gasteiger partial charge in [0.25, 0.3) is 10.0 Å². The van der Waals surface area contributed by atoms with Gasteiger partial charge in [-0.25, -0.2) is 8.42 Å². The zero-order valence-electron chi connectivity index (χ0n) is 23.6. The van der Waals surface area contributed by atoms with Gasteiger partial charge >= 0.3 is 0 Å². The Morgan fingerprint density at radius 2 is 1.45 bits per heavy atom. The molecule has 0 saturated heterocycles. The molecule has 0 spiro atoms. The van der Waals surface area contributed by atoms with E-state index in [0.717, 1.165) is 16.3 Å². The van der Waals surface area contributed by atoms with Gasteiger partial charge in [0.05, 0.1) is 17.2 Å². The molecule has 0 aliphatic carbocycles. The molecule has 3 aromatic rings. The standard InChI is InChI=1S/C31H39N3O5S/c1-5-24(4)32-31(36)29(6-2)33(22-25-14-10-8-11-15-25)30(35)23-34(26-18-20-27(21-19-26)39-7-3)40(37,38)28-16-12-9-13-17-28/h8-21,24,29H,5-7,22-23H2,1-4H3,(H,32,36)/t24-,29-/m1/s1. The van der Waals surface area contributed by atoms with Gasteiger partial charge < -0.3 is 15.0 Å². The monoisotopic (exact) mass is 565 g/mol. The van der Waals surface area contributed by atoms with Crippen LogP contribution in [0.2, 0.25) is 0 Å². The predicted octanol–water partition coefficient (Wildman–Crippen LogP) is 5.00. The van der Waals surface area contributed by atoms with Crippen LogP contribution in [0.3, 0.4) is 0 Å². The molecule has 0 radical (unpaired) electrons. The van der Waals surface area contributed by atoms with Crippen LogP contribution in [0.5, 0.6) is 5.75 Å². The van der Waals surface area contributed by atoms with Crippen LogP contribution in [0.1, 0.15) is 46.1 Å². The summed E-state index contributed by atoms with van der Waals surface area (Å²) in [5.41, 5.74) is 1.15. The molecule has 0 heterocycles. The lowest BCUT2D eigenvalue weighted by molar-refractivity contribution is -0.140. The van der Waals surface area contributed by atoms with E-state index in [1.165, 1.54) is 17.0 Å². The molecule has 1 N–H and O–H groups in total. The molecule has 3 aromatic carbocycles. The normalized spacial score (nSPS) is 12.7. The molecule has 8 nitrogen and oxygen atoms in total. The van der Waals surface area contributed by atoms with Crippen LogP contribution < -0.4 is 14.4 Å². The van der Waals surface area contributed by atoms with Crippen LogP contribution >= 0.6 is 0 Å². The number of sulfonamides is 1. The Morgan fingerprint density at radius 3 is 2.00 bits per heavy atom. The van der Waals surface area contributed by atoms with Crippen LogP contribution in [0, 0.1) is 0 Å². The van der Waals surface area contributed by atoms with Crippen LogP contribution in [-0.4, -0.2) is 50.4 Å².